The van der Waals surface area contributed by atoms with Crippen molar-refractivity contribution in [1.29, 1.82) is 0 Å². The van der Waals surface area contributed by atoms with Gasteiger partial charge in [-0.05, 0) is 53.9 Å². The van der Waals surface area contributed by atoms with Gasteiger partial charge in [0.25, 0.3) is 0 Å². The fraction of sp³-hybridized carbons (Fsp3) is 0.130. The summed E-state index contributed by atoms with van der Waals surface area (Å²) in [5.41, 5.74) is 4.04. The number of hydrogen-bond donors (Lipinski definition) is 0. The van der Waals surface area contributed by atoms with Gasteiger partial charge >= 0.3 is 0 Å². The van der Waals surface area contributed by atoms with Crippen LogP contribution in [0.1, 0.15) is 16.7 Å². The Morgan fingerprint density at radius 1 is 0.478 bits per heavy atom. The van der Waals surface area contributed by atoms with Crippen LogP contribution >= 0.6 is 0 Å². The first-order valence-corrected chi connectivity index (χ1v) is 8.05. The van der Waals surface area contributed by atoms with Gasteiger partial charge in [0.1, 0.15) is 0 Å². The first-order chi connectivity index (χ1) is 11.1. The second-order valence-electron chi connectivity index (χ2n) is 6.10. The van der Waals surface area contributed by atoms with Gasteiger partial charge in [0.15, 0.2) is 0 Å². The van der Waals surface area contributed by atoms with E-state index < -0.39 is 0 Å². The SMILES string of the molecule is Cc1c2ccccc2cc2ccccc12.Cc1ccc(C)cc1. The fourth-order valence-electron chi connectivity index (χ4n) is 2.88. The molecule has 0 radical (unpaired) electrons. The number of benzene rings is 4. The summed E-state index contributed by atoms with van der Waals surface area (Å²) in [4.78, 5) is 0. The molecule has 0 aliphatic rings. The lowest BCUT2D eigenvalue weighted by Crippen LogP contribution is -1.81. The highest BCUT2D eigenvalue weighted by atomic mass is 14.1. The van der Waals surface area contributed by atoms with E-state index in [4.69, 9.17) is 0 Å². The van der Waals surface area contributed by atoms with Crippen molar-refractivity contribution in [2.45, 2.75) is 20.8 Å². The second-order valence-corrected chi connectivity index (χ2v) is 6.10. The molecule has 114 valence electrons. The predicted octanol–water partition coefficient (Wildman–Crippen LogP) is 6.60. The van der Waals surface area contributed by atoms with Crippen molar-refractivity contribution in [3.63, 3.8) is 0 Å². The number of fused-ring (bicyclic) bond motifs is 2. The van der Waals surface area contributed by atoms with Crippen LogP contribution < -0.4 is 0 Å². The molecule has 0 amide bonds. The third-order valence-corrected chi connectivity index (χ3v) is 4.26. The molecule has 23 heavy (non-hydrogen) atoms. The van der Waals surface area contributed by atoms with Crippen LogP contribution in [-0.2, 0) is 0 Å². The van der Waals surface area contributed by atoms with Gasteiger partial charge in [0, 0.05) is 0 Å². The zero-order valence-electron chi connectivity index (χ0n) is 14.0. The Bertz CT molecular complexity index is 856. The van der Waals surface area contributed by atoms with Crippen LogP contribution in [0.3, 0.4) is 0 Å². The van der Waals surface area contributed by atoms with Gasteiger partial charge < -0.3 is 0 Å². The Hall–Kier alpha value is -2.60. The maximum atomic E-state index is 2.26. The molecule has 0 aliphatic carbocycles. The molecule has 0 fully saturated rings. The van der Waals surface area contributed by atoms with Crippen LogP contribution in [0.4, 0.5) is 0 Å². The molecule has 0 heteroatoms. The van der Waals surface area contributed by atoms with Gasteiger partial charge in [-0.15, -0.1) is 0 Å². The molecule has 0 spiro atoms. The molecule has 0 aromatic heterocycles. The highest BCUT2D eigenvalue weighted by Gasteiger charge is 2.01. The summed E-state index contributed by atoms with van der Waals surface area (Å²) in [6, 6.07) is 27.9. The van der Waals surface area contributed by atoms with Crippen molar-refractivity contribution >= 4 is 21.5 Å². The number of aryl methyl sites for hydroxylation is 3. The highest BCUT2D eigenvalue weighted by Crippen LogP contribution is 2.27. The maximum absolute atomic E-state index is 2.26. The number of rotatable bonds is 0. The third kappa shape index (κ3) is 3.43. The molecule has 4 rings (SSSR count). The quantitative estimate of drug-likeness (QED) is 0.321. The lowest BCUT2D eigenvalue weighted by molar-refractivity contribution is 1.40. The van der Waals surface area contributed by atoms with E-state index in [1.54, 1.807) is 0 Å². The van der Waals surface area contributed by atoms with E-state index in [1.165, 1.54) is 38.2 Å². The Morgan fingerprint density at radius 3 is 1.30 bits per heavy atom. The van der Waals surface area contributed by atoms with Crippen LogP contribution in [0, 0.1) is 20.8 Å². The van der Waals surface area contributed by atoms with Crippen molar-refractivity contribution in [1.82, 2.24) is 0 Å². The van der Waals surface area contributed by atoms with Crippen LogP contribution in [0.2, 0.25) is 0 Å². The fourth-order valence-corrected chi connectivity index (χ4v) is 2.88. The Labute approximate surface area is 138 Å². The lowest BCUT2D eigenvalue weighted by Gasteiger charge is -2.06. The molecular weight excluding hydrogens is 276 g/mol. The zero-order chi connectivity index (χ0) is 16.2. The molecule has 0 heterocycles. The Balaban J connectivity index is 0.000000166. The first-order valence-electron chi connectivity index (χ1n) is 8.05. The van der Waals surface area contributed by atoms with Crippen molar-refractivity contribution in [2.75, 3.05) is 0 Å². The molecule has 0 N–H and O–H groups in total. The molecule has 0 aliphatic heterocycles. The van der Waals surface area contributed by atoms with Crippen molar-refractivity contribution in [2.24, 2.45) is 0 Å². The standard InChI is InChI=1S/C15H12.C8H10/c1-11-14-8-4-2-6-12(14)10-13-7-3-5-9-15(11)13;1-7-3-5-8(2)6-4-7/h2-10H,1H3;3-6H,1-2H3. The van der Waals surface area contributed by atoms with Crippen molar-refractivity contribution in [3.05, 3.63) is 95.6 Å². The molecule has 4 aromatic rings. The topological polar surface area (TPSA) is 0 Å². The Morgan fingerprint density at radius 2 is 0.870 bits per heavy atom. The zero-order valence-corrected chi connectivity index (χ0v) is 14.0. The number of hydrogen-bond acceptors (Lipinski definition) is 0. The minimum absolute atomic E-state index is 1.33. The van der Waals surface area contributed by atoms with E-state index in [0.717, 1.165) is 0 Å². The van der Waals surface area contributed by atoms with Gasteiger partial charge in [0.2, 0.25) is 0 Å². The summed E-state index contributed by atoms with van der Waals surface area (Å²) in [6.45, 7) is 6.39. The molecule has 0 unspecified atom stereocenters. The normalized spacial score (nSPS) is 10.4. The molecule has 0 nitrogen and oxygen atoms in total. The smallest absolute Gasteiger partial charge is 0.0148 e. The van der Waals surface area contributed by atoms with Gasteiger partial charge in [-0.25, -0.2) is 0 Å². The minimum atomic E-state index is 1.33. The first kappa shape index (κ1) is 15.3. The summed E-state index contributed by atoms with van der Waals surface area (Å²) >= 11 is 0. The van der Waals surface area contributed by atoms with E-state index >= 15 is 0 Å². The lowest BCUT2D eigenvalue weighted by atomic mass is 9.98. The average Bonchev–Trinajstić information content (AvgIpc) is 2.58. The second kappa shape index (κ2) is 6.66. The van der Waals surface area contributed by atoms with Crippen LogP contribution in [-0.4, -0.2) is 0 Å². The summed E-state index contributed by atoms with van der Waals surface area (Å²) in [5, 5.41) is 5.37. The van der Waals surface area contributed by atoms with Crippen LogP contribution in [0.15, 0.2) is 78.9 Å². The van der Waals surface area contributed by atoms with E-state index in [2.05, 4.69) is 99.6 Å². The van der Waals surface area contributed by atoms with Crippen molar-refractivity contribution in [3.8, 4) is 0 Å². The van der Waals surface area contributed by atoms with Crippen molar-refractivity contribution < 1.29 is 0 Å². The molecule has 0 bridgehead atoms. The third-order valence-electron chi connectivity index (χ3n) is 4.26. The van der Waals surface area contributed by atoms with Gasteiger partial charge in [-0.1, -0.05) is 83.9 Å². The summed E-state index contributed by atoms with van der Waals surface area (Å²) in [5.74, 6) is 0. The Kier molecular flexibility index (Phi) is 4.43. The molecule has 4 aromatic carbocycles. The largest absolute Gasteiger partial charge is 0.0616 e. The van der Waals surface area contributed by atoms with Gasteiger partial charge in [0.05, 0.1) is 0 Å². The molecule has 0 atom stereocenters. The van der Waals surface area contributed by atoms with E-state index in [1.807, 2.05) is 0 Å². The van der Waals surface area contributed by atoms with Gasteiger partial charge in [-0.2, -0.15) is 0 Å². The minimum Gasteiger partial charge on any atom is -0.0616 e. The molecule has 0 saturated heterocycles. The van der Waals surface area contributed by atoms with E-state index in [0.29, 0.717) is 0 Å². The summed E-state index contributed by atoms with van der Waals surface area (Å²) in [7, 11) is 0. The summed E-state index contributed by atoms with van der Waals surface area (Å²) < 4.78 is 0. The highest BCUT2D eigenvalue weighted by molar-refractivity contribution is 6.01. The predicted molar refractivity (Wildman–Crippen MR) is 102 cm³/mol. The average molecular weight is 298 g/mol. The summed E-state index contributed by atoms with van der Waals surface area (Å²) in [6.07, 6.45) is 0. The maximum Gasteiger partial charge on any atom is -0.0148 e. The monoisotopic (exact) mass is 298 g/mol. The van der Waals surface area contributed by atoms with Crippen LogP contribution in [0.5, 0.6) is 0 Å². The van der Waals surface area contributed by atoms with E-state index in [9.17, 15) is 0 Å². The molecule has 0 saturated carbocycles. The molecular formula is C23H22. The van der Waals surface area contributed by atoms with Crippen LogP contribution in [0.25, 0.3) is 21.5 Å². The van der Waals surface area contributed by atoms with E-state index in [-0.39, 0.29) is 0 Å². The van der Waals surface area contributed by atoms with Gasteiger partial charge in [-0.3, -0.25) is 0 Å².